The molecule has 4 heterocycles. The molecule has 0 saturated carbocycles. The summed E-state index contributed by atoms with van der Waals surface area (Å²) in [6, 6.07) is 3.91. The maximum Gasteiger partial charge on any atom is 0.283 e. The van der Waals surface area contributed by atoms with Gasteiger partial charge in [0.25, 0.3) is 5.89 Å². The van der Waals surface area contributed by atoms with Gasteiger partial charge in [0.1, 0.15) is 12.2 Å². The zero-order valence-electron chi connectivity index (χ0n) is 11.3. The van der Waals surface area contributed by atoms with E-state index in [-0.39, 0.29) is 0 Å². The Hall–Kier alpha value is -2.48. The Morgan fingerprint density at radius 3 is 3.29 bits per heavy atom. The number of nitrogens with one attached hydrogen (secondary N) is 1. The predicted molar refractivity (Wildman–Crippen MR) is 71.0 cm³/mol. The van der Waals surface area contributed by atoms with E-state index in [1.807, 2.05) is 4.68 Å². The van der Waals surface area contributed by atoms with Crippen LogP contribution in [0.4, 0.5) is 0 Å². The first kappa shape index (κ1) is 12.3. The number of hydrogen-bond acceptors (Lipinski definition) is 7. The molecule has 108 valence electrons. The van der Waals surface area contributed by atoms with Crippen molar-refractivity contribution in [2.75, 3.05) is 0 Å². The van der Waals surface area contributed by atoms with Crippen molar-refractivity contribution in [2.24, 2.45) is 0 Å². The van der Waals surface area contributed by atoms with E-state index >= 15 is 0 Å². The third kappa shape index (κ3) is 2.45. The zero-order valence-corrected chi connectivity index (χ0v) is 11.3. The van der Waals surface area contributed by atoms with Crippen LogP contribution in [0.15, 0.2) is 33.6 Å². The molecule has 1 N–H and O–H groups in total. The van der Waals surface area contributed by atoms with Crippen LogP contribution in [0.3, 0.4) is 0 Å². The van der Waals surface area contributed by atoms with Gasteiger partial charge in [-0.25, -0.2) is 9.67 Å². The molecule has 0 aromatic carbocycles. The van der Waals surface area contributed by atoms with Crippen LogP contribution in [0.1, 0.15) is 18.1 Å². The highest BCUT2D eigenvalue weighted by molar-refractivity contribution is 5.42. The SMILES string of the molecule is c1coc(-c2nnc(CN[C@H]3CCc4ncnn4C3)o2)c1. The summed E-state index contributed by atoms with van der Waals surface area (Å²) in [6.45, 7) is 1.34. The van der Waals surface area contributed by atoms with Gasteiger partial charge >= 0.3 is 0 Å². The molecule has 1 aliphatic rings. The number of aryl methyl sites for hydroxylation is 1. The largest absolute Gasteiger partial charge is 0.459 e. The van der Waals surface area contributed by atoms with Gasteiger partial charge in [-0.1, -0.05) is 0 Å². The molecule has 3 aromatic rings. The Kier molecular flexibility index (Phi) is 3.00. The second kappa shape index (κ2) is 5.13. The maximum atomic E-state index is 5.56. The highest BCUT2D eigenvalue weighted by Crippen LogP contribution is 2.18. The third-order valence-corrected chi connectivity index (χ3v) is 3.55. The molecule has 0 amide bonds. The van der Waals surface area contributed by atoms with Gasteiger partial charge in [-0.15, -0.1) is 10.2 Å². The van der Waals surface area contributed by atoms with E-state index < -0.39 is 0 Å². The van der Waals surface area contributed by atoms with Gasteiger partial charge in [0, 0.05) is 12.5 Å². The molecule has 8 nitrogen and oxygen atoms in total. The number of rotatable bonds is 4. The van der Waals surface area contributed by atoms with Crippen LogP contribution >= 0.6 is 0 Å². The molecule has 0 bridgehead atoms. The fraction of sp³-hybridized carbons (Fsp3) is 0.385. The average Bonchev–Trinajstić information content (AvgIpc) is 3.24. The van der Waals surface area contributed by atoms with E-state index in [2.05, 4.69) is 25.6 Å². The van der Waals surface area contributed by atoms with Crippen LogP contribution in [0.25, 0.3) is 11.7 Å². The molecule has 0 spiro atoms. The minimum Gasteiger partial charge on any atom is -0.459 e. The van der Waals surface area contributed by atoms with Gasteiger partial charge in [0.05, 0.1) is 19.4 Å². The third-order valence-electron chi connectivity index (χ3n) is 3.55. The van der Waals surface area contributed by atoms with E-state index in [0.29, 0.717) is 30.1 Å². The second-order valence-corrected chi connectivity index (χ2v) is 4.95. The Bertz CT molecular complexity index is 717. The van der Waals surface area contributed by atoms with Crippen molar-refractivity contribution >= 4 is 0 Å². The van der Waals surface area contributed by atoms with Crippen LogP contribution < -0.4 is 5.32 Å². The number of aromatic nitrogens is 5. The molecular weight excluding hydrogens is 272 g/mol. The molecule has 1 aliphatic heterocycles. The van der Waals surface area contributed by atoms with Crippen molar-refractivity contribution in [3.63, 3.8) is 0 Å². The lowest BCUT2D eigenvalue weighted by atomic mass is 10.1. The fourth-order valence-corrected chi connectivity index (χ4v) is 2.46. The van der Waals surface area contributed by atoms with Crippen molar-refractivity contribution in [3.8, 4) is 11.7 Å². The maximum absolute atomic E-state index is 5.56. The Balaban J connectivity index is 1.37. The lowest BCUT2D eigenvalue weighted by molar-refractivity contribution is 0.341. The van der Waals surface area contributed by atoms with Gasteiger partial charge in [0.2, 0.25) is 5.89 Å². The van der Waals surface area contributed by atoms with E-state index in [1.165, 1.54) is 0 Å². The standard InChI is InChI=1S/C13H14N6O2/c1-2-10(20-5-1)13-18-17-12(21-13)6-14-9-3-4-11-15-8-16-19(11)7-9/h1-2,5,8-9,14H,3-4,6-7H2/t9-/m0/s1. The van der Waals surface area contributed by atoms with Crippen molar-refractivity contribution in [1.82, 2.24) is 30.3 Å². The minimum absolute atomic E-state index is 0.332. The minimum atomic E-state index is 0.332. The first-order chi connectivity index (χ1) is 10.4. The summed E-state index contributed by atoms with van der Waals surface area (Å²) in [4.78, 5) is 4.21. The molecule has 0 unspecified atom stereocenters. The molecule has 4 rings (SSSR count). The van der Waals surface area contributed by atoms with Gasteiger partial charge in [0.15, 0.2) is 5.76 Å². The molecule has 8 heteroatoms. The van der Waals surface area contributed by atoms with E-state index in [1.54, 1.807) is 24.7 Å². The van der Waals surface area contributed by atoms with Crippen LogP contribution in [-0.4, -0.2) is 31.0 Å². The van der Waals surface area contributed by atoms with Crippen molar-refractivity contribution in [1.29, 1.82) is 0 Å². The summed E-state index contributed by atoms with van der Waals surface area (Å²) >= 11 is 0. The van der Waals surface area contributed by atoms with E-state index in [0.717, 1.165) is 25.2 Å². The van der Waals surface area contributed by atoms with Crippen LogP contribution in [0.5, 0.6) is 0 Å². The normalized spacial score (nSPS) is 17.8. The van der Waals surface area contributed by atoms with Crippen LogP contribution in [0.2, 0.25) is 0 Å². The van der Waals surface area contributed by atoms with E-state index in [4.69, 9.17) is 8.83 Å². The van der Waals surface area contributed by atoms with Gasteiger partial charge in [-0.3, -0.25) is 0 Å². The lowest BCUT2D eigenvalue weighted by Crippen LogP contribution is -2.37. The Labute approximate surface area is 120 Å². The first-order valence-corrected chi connectivity index (χ1v) is 6.85. The molecule has 0 fully saturated rings. The Morgan fingerprint density at radius 1 is 1.38 bits per heavy atom. The second-order valence-electron chi connectivity index (χ2n) is 4.95. The number of fused-ring (bicyclic) bond motifs is 1. The summed E-state index contributed by atoms with van der Waals surface area (Å²) < 4.78 is 12.7. The predicted octanol–water partition coefficient (Wildman–Crippen LogP) is 1.03. The summed E-state index contributed by atoms with van der Waals surface area (Å²) in [5.74, 6) is 2.58. The quantitative estimate of drug-likeness (QED) is 0.765. The molecule has 0 aliphatic carbocycles. The number of hydrogen-bond donors (Lipinski definition) is 1. The summed E-state index contributed by atoms with van der Waals surface area (Å²) in [6.07, 6.45) is 5.14. The van der Waals surface area contributed by atoms with Crippen molar-refractivity contribution in [2.45, 2.75) is 32.0 Å². The molecule has 3 aromatic heterocycles. The summed E-state index contributed by atoms with van der Waals surface area (Å²) in [5.41, 5.74) is 0. The van der Waals surface area contributed by atoms with Gasteiger partial charge in [-0.2, -0.15) is 5.10 Å². The smallest absolute Gasteiger partial charge is 0.283 e. The molecular formula is C13H14N6O2. The zero-order chi connectivity index (χ0) is 14.1. The summed E-state index contributed by atoms with van der Waals surface area (Å²) in [5, 5.41) is 15.6. The fourth-order valence-electron chi connectivity index (χ4n) is 2.46. The van der Waals surface area contributed by atoms with Gasteiger partial charge < -0.3 is 14.2 Å². The Morgan fingerprint density at radius 2 is 2.38 bits per heavy atom. The molecule has 1 atom stereocenters. The van der Waals surface area contributed by atoms with E-state index in [9.17, 15) is 0 Å². The lowest BCUT2D eigenvalue weighted by Gasteiger charge is -2.22. The van der Waals surface area contributed by atoms with Crippen molar-refractivity contribution in [3.05, 3.63) is 36.4 Å². The highest BCUT2D eigenvalue weighted by Gasteiger charge is 2.20. The van der Waals surface area contributed by atoms with Crippen LogP contribution in [-0.2, 0) is 19.5 Å². The molecule has 21 heavy (non-hydrogen) atoms. The van der Waals surface area contributed by atoms with Crippen molar-refractivity contribution < 1.29 is 8.83 Å². The van der Waals surface area contributed by atoms with Crippen LogP contribution in [0, 0.1) is 0 Å². The topological polar surface area (TPSA) is 94.8 Å². The molecule has 0 radical (unpaired) electrons. The summed E-state index contributed by atoms with van der Waals surface area (Å²) in [7, 11) is 0. The average molecular weight is 286 g/mol. The monoisotopic (exact) mass is 286 g/mol. The number of furan rings is 1. The molecule has 0 saturated heterocycles. The highest BCUT2D eigenvalue weighted by atomic mass is 16.4. The number of nitrogens with zero attached hydrogens (tertiary/aromatic N) is 5. The first-order valence-electron chi connectivity index (χ1n) is 6.85. The van der Waals surface area contributed by atoms with Gasteiger partial charge in [-0.05, 0) is 18.6 Å².